The predicted octanol–water partition coefficient (Wildman–Crippen LogP) is 5.30. The van der Waals surface area contributed by atoms with Crippen LogP contribution >= 0.6 is 11.8 Å². The van der Waals surface area contributed by atoms with Gasteiger partial charge in [-0.2, -0.15) is 0 Å². The molecule has 0 N–H and O–H groups in total. The maximum Gasteiger partial charge on any atom is 0.0200 e. The molecule has 0 atom stereocenters. The zero-order valence-electron chi connectivity index (χ0n) is 10.3. The number of hydrogen-bond acceptors (Lipinski definition) is 1. The third-order valence-corrected chi connectivity index (χ3v) is 4.03. The number of benzene rings is 3. The van der Waals surface area contributed by atoms with Crippen molar-refractivity contribution in [1.29, 1.82) is 0 Å². The molecule has 0 unspecified atom stereocenters. The normalized spacial score (nSPS) is 10.7. The van der Waals surface area contributed by atoms with Crippen molar-refractivity contribution < 1.29 is 0 Å². The topological polar surface area (TPSA) is 0 Å². The molecule has 0 amide bonds. The highest BCUT2D eigenvalue weighted by molar-refractivity contribution is 7.99. The molecule has 0 radical (unpaired) electrons. The van der Waals surface area contributed by atoms with Crippen molar-refractivity contribution in [3.8, 4) is 0 Å². The fourth-order valence-electron chi connectivity index (χ4n) is 2.09. The zero-order chi connectivity index (χ0) is 12.4. The summed E-state index contributed by atoms with van der Waals surface area (Å²) in [7, 11) is 0. The number of rotatable bonds is 2. The van der Waals surface area contributed by atoms with E-state index in [1.165, 1.54) is 26.1 Å². The van der Waals surface area contributed by atoms with Gasteiger partial charge in [-0.25, -0.2) is 0 Å². The summed E-state index contributed by atoms with van der Waals surface area (Å²) < 4.78 is 0. The van der Waals surface area contributed by atoms with Crippen LogP contribution in [0, 0.1) is 6.92 Å². The van der Waals surface area contributed by atoms with Crippen molar-refractivity contribution in [3.05, 3.63) is 72.3 Å². The Morgan fingerprint density at radius 2 is 1.56 bits per heavy atom. The highest BCUT2D eigenvalue weighted by atomic mass is 32.2. The van der Waals surface area contributed by atoms with Crippen molar-refractivity contribution in [2.75, 3.05) is 0 Å². The molecule has 3 aromatic carbocycles. The SMILES string of the molecule is Cc1cccc(Sc2cccc3ccccc23)c1. The molecule has 0 fully saturated rings. The molecule has 88 valence electrons. The van der Waals surface area contributed by atoms with E-state index in [1.54, 1.807) is 0 Å². The summed E-state index contributed by atoms with van der Waals surface area (Å²) >= 11 is 1.83. The molecule has 0 aliphatic carbocycles. The molecular formula is C17H14S. The minimum Gasteiger partial charge on any atom is -0.0894 e. The summed E-state index contributed by atoms with van der Waals surface area (Å²) in [6.45, 7) is 2.13. The first-order valence-electron chi connectivity index (χ1n) is 6.05. The maximum absolute atomic E-state index is 2.23. The van der Waals surface area contributed by atoms with E-state index < -0.39 is 0 Å². The van der Waals surface area contributed by atoms with Gasteiger partial charge in [-0.1, -0.05) is 65.9 Å². The summed E-state index contributed by atoms with van der Waals surface area (Å²) in [5.74, 6) is 0. The Bertz CT molecular complexity index is 681. The lowest BCUT2D eigenvalue weighted by Crippen LogP contribution is -1.79. The first-order chi connectivity index (χ1) is 8.83. The van der Waals surface area contributed by atoms with E-state index in [9.17, 15) is 0 Å². The van der Waals surface area contributed by atoms with Crippen molar-refractivity contribution in [2.45, 2.75) is 16.7 Å². The van der Waals surface area contributed by atoms with Gasteiger partial charge in [-0.3, -0.25) is 0 Å². The van der Waals surface area contributed by atoms with Gasteiger partial charge in [-0.05, 0) is 35.9 Å². The largest absolute Gasteiger partial charge is 0.0894 e. The molecule has 1 heteroatoms. The summed E-state index contributed by atoms with van der Waals surface area (Å²) in [4.78, 5) is 2.62. The Hall–Kier alpha value is -1.73. The van der Waals surface area contributed by atoms with Crippen molar-refractivity contribution >= 4 is 22.5 Å². The van der Waals surface area contributed by atoms with E-state index in [1.807, 2.05) is 11.8 Å². The van der Waals surface area contributed by atoms with Gasteiger partial charge in [0.1, 0.15) is 0 Å². The summed E-state index contributed by atoms with van der Waals surface area (Å²) in [6, 6.07) is 23.7. The standard InChI is InChI=1S/C17H14S/c1-13-6-4-9-15(12-13)18-17-11-5-8-14-7-2-3-10-16(14)17/h2-12H,1H3. The molecular weight excluding hydrogens is 236 g/mol. The Morgan fingerprint density at radius 3 is 2.44 bits per heavy atom. The van der Waals surface area contributed by atoms with E-state index in [-0.39, 0.29) is 0 Å². The van der Waals surface area contributed by atoms with Crippen LogP contribution in [0.1, 0.15) is 5.56 Å². The molecule has 18 heavy (non-hydrogen) atoms. The maximum atomic E-state index is 2.23. The van der Waals surface area contributed by atoms with Crippen LogP contribution in [0.15, 0.2) is 76.5 Å². The highest BCUT2D eigenvalue weighted by Gasteiger charge is 2.02. The fraction of sp³-hybridized carbons (Fsp3) is 0.0588. The number of aryl methyl sites for hydroxylation is 1. The van der Waals surface area contributed by atoms with Gasteiger partial charge in [0.15, 0.2) is 0 Å². The number of hydrogen-bond donors (Lipinski definition) is 0. The van der Waals surface area contributed by atoms with Gasteiger partial charge in [-0.15, -0.1) is 0 Å². The first-order valence-corrected chi connectivity index (χ1v) is 6.87. The van der Waals surface area contributed by atoms with Crippen molar-refractivity contribution in [1.82, 2.24) is 0 Å². The second-order valence-corrected chi connectivity index (χ2v) is 5.51. The van der Waals surface area contributed by atoms with Crippen LogP contribution in [0.5, 0.6) is 0 Å². The lowest BCUT2D eigenvalue weighted by molar-refractivity contribution is 1.35. The van der Waals surface area contributed by atoms with Crippen LogP contribution in [0.2, 0.25) is 0 Å². The van der Waals surface area contributed by atoms with E-state index >= 15 is 0 Å². The number of fused-ring (bicyclic) bond motifs is 1. The monoisotopic (exact) mass is 250 g/mol. The Morgan fingerprint density at radius 1 is 0.778 bits per heavy atom. The predicted molar refractivity (Wildman–Crippen MR) is 79.3 cm³/mol. The first kappa shape index (κ1) is 11.4. The lowest BCUT2D eigenvalue weighted by atomic mass is 10.1. The molecule has 0 aliphatic heterocycles. The van der Waals surface area contributed by atoms with Gasteiger partial charge in [0, 0.05) is 9.79 Å². The van der Waals surface area contributed by atoms with Crippen molar-refractivity contribution in [3.63, 3.8) is 0 Å². The Balaban J connectivity index is 2.05. The third kappa shape index (κ3) is 2.27. The summed E-state index contributed by atoms with van der Waals surface area (Å²) in [5, 5.41) is 2.63. The molecule has 0 spiro atoms. The quantitative estimate of drug-likeness (QED) is 0.594. The minimum absolute atomic E-state index is 1.30. The van der Waals surface area contributed by atoms with E-state index in [2.05, 4.69) is 73.7 Å². The van der Waals surface area contributed by atoms with Gasteiger partial charge in [0.05, 0.1) is 0 Å². The van der Waals surface area contributed by atoms with Crippen LogP contribution < -0.4 is 0 Å². The fourth-order valence-corrected chi connectivity index (χ4v) is 3.18. The molecule has 0 nitrogen and oxygen atoms in total. The smallest absolute Gasteiger partial charge is 0.0200 e. The summed E-state index contributed by atoms with van der Waals surface area (Å²) in [6.07, 6.45) is 0. The average Bonchev–Trinajstić information content (AvgIpc) is 2.39. The van der Waals surface area contributed by atoms with E-state index in [0.717, 1.165) is 0 Å². The highest BCUT2D eigenvalue weighted by Crippen LogP contribution is 2.33. The van der Waals surface area contributed by atoms with E-state index in [4.69, 9.17) is 0 Å². The van der Waals surface area contributed by atoms with Crippen LogP contribution in [0.3, 0.4) is 0 Å². The molecule has 0 aliphatic rings. The second-order valence-electron chi connectivity index (χ2n) is 4.40. The van der Waals surface area contributed by atoms with E-state index in [0.29, 0.717) is 0 Å². The molecule has 3 rings (SSSR count). The Labute approximate surface area is 112 Å². The molecule has 0 bridgehead atoms. The van der Waals surface area contributed by atoms with Crippen molar-refractivity contribution in [2.24, 2.45) is 0 Å². The van der Waals surface area contributed by atoms with Gasteiger partial charge in [0.2, 0.25) is 0 Å². The third-order valence-electron chi connectivity index (χ3n) is 2.97. The molecule has 0 heterocycles. The average molecular weight is 250 g/mol. The van der Waals surface area contributed by atoms with Gasteiger partial charge in [0.25, 0.3) is 0 Å². The van der Waals surface area contributed by atoms with Gasteiger partial charge >= 0.3 is 0 Å². The van der Waals surface area contributed by atoms with Crippen LogP contribution in [-0.2, 0) is 0 Å². The Kier molecular flexibility index (Phi) is 3.07. The van der Waals surface area contributed by atoms with Crippen LogP contribution in [0.4, 0.5) is 0 Å². The summed E-state index contributed by atoms with van der Waals surface area (Å²) in [5.41, 5.74) is 1.31. The minimum atomic E-state index is 1.30. The molecule has 0 aromatic heterocycles. The molecule has 0 saturated carbocycles. The zero-order valence-corrected chi connectivity index (χ0v) is 11.1. The molecule has 3 aromatic rings. The van der Waals surface area contributed by atoms with Gasteiger partial charge < -0.3 is 0 Å². The van der Waals surface area contributed by atoms with Crippen LogP contribution in [-0.4, -0.2) is 0 Å². The molecule has 0 saturated heterocycles. The van der Waals surface area contributed by atoms with Crippen LogP contribution in [0.25, 0.3) is 10.8 Å². The second kappa shape index (κ2) is 4.87. The lowest BCUT2D eigenvalue weighted by Gasteiger charge is -2.06.